The molecule has 0 fully saturated rings. The summed E-state index contributed by atoms with van der Waals surface area (Å²) in [6, 6.07) is 0.0746. The van der Waals surface area contributed by atoms with Crippen LogP contribution in [0.5, 0.6) is 0 Å². The van der Waals surface area contributed by atoms with Crippen molar-refractivity contribution < 1.29 is 4.79 Å². The first-order chi connectivity index (χ1) is 5.02. The van der Waals surface area contributed by atoms with Gasteiger partial charge < -0.3 is 10.6 Å². The van der Waals surface area contributed by atoms with Gasteiger partial charge in [0.15, 0.2) is 0 Å². The number of rotatable bonds is 3. The number of amides is 2. The lowest BCUT2D eigenvalue weighted by Gasteiger charge is -2.11. The molecule has 1 atom stereocenters. The van der Waals surface area contributed by atoms with E-state index in [0.717, 1.165) is 0 Å². The van der Waals surface area contributed by atoms with Gasteiger partial charge in [-0.1, -0.05) is 6.92 Å². The Balaban J connectivity index is 3.38. The van der Waals surface area contributed by atoms with Crippen LogP contribution in [0.25, 0.3) is 0 Å². The van der Waals surface area contributed by atoms with Crippen molar-refractivity contribution in [3.8, 4) is 0 Å². The van der Waals surface area contributed by atoms with E-state index in [1.54, 1.807) is 0 Å². The molecular weight excluding hydrogens is 140 g/mol. The van der Waals surface area contributed by atoms with Crippen molar-refractivity contribution in [2.45, 2.75) is 26.8 Å². The van der Waals surface area contributed by atoms with E-state index >= 15 is 0 Å². The molecule has 3 heteroatoms. The molecule has 3 nitrogen and oxygen atoms in total. The molecule has 0 saturated carbocycles. The first-order valence-corrected chi connectivity index (χ1v) is 3.89. The summed E-state index contributed by atoms with van der Waals surface area (Å²) in [6.07, 6.45) is 0. The topological polar surface area (TPSA) is 41.1 Å². The minimum atomic E-state index is -0.115. The number of urea groups is 1. The van der Waals surface area contributed by atoms with Gasteiger partial charge in [0.05, 0.1) is 0 Å². The van der Waals surface area contributed by atoms with Gasteiger partial charge in [-0.15, -0.1) is 0 Å². The molecule has 0 aromatic carbocycles. The predicted octanol–water partition coefficient (Wildman–Crippen LogP) is 1.16. The molecule has 0 aromatic rings. The van der Waals surface area contributed by atoms with Gasteiger partial charge in [-0.3, -0.25) is 0 Å². The number of carbonyl (C=O) groups is 1. The monoisotopic (exact) mass is 157 g/mol. The van der Waals surface area contributed by atoms with E-state index in [2.05, 4.69) is 17.6 Å². The van der Waals surface area contributed by atoms with E-state index in [-0.39, 0.29) is 18.0 Å². The van der Waals surface area contributed by atoms with Crippen LogP contribution in [-0.2, 0) is 0 Å². The Morgan fingerprint density at radius 2 is 2.00 bits per heavy atom. The quantitative estimate of drug-likeness (QED) is 0.634. The third kappa shape index (κ3) is 7.16. The SMILES string of the molecule is [CH2]C(C)CNC(=O)NC(C)C. The molecule has 0 saturated heterocycles. The molecule has 0 spiro atoms. The minimum Gasteiger partial charge on any atom is -0.338 e. The van der Waals surface area contributed by atoms with Crippen LogP contribution in [0.3, 0.4) is 0 Å². The number of hydrogen-bond acceptors (Lipinski definition) is 1. The Hall–Kier alpha value is -0.730. The molecule has 0 aliphatic carbocycles. The molecule has 0 heterocycles. The number of hydrogen-bond donors (Lipinski definition) is 2. The average Bonchev–Trinajstić information content (AvgIpc) is 1.82. The van der Waals surface area contributed by atoms with Gasteiger partial charge in [-0.25, -0.2) is 4.79 Å². The second-order valence-corrected chi connectivity index (χ2v) is 3.11. The summed E-state index contributed by atoms with van der Waals surface area (Å²) in [7, 11) is 0. The second kappa shape index (κ2) is 4.99. The predicted molar refractivity (Wildman–Crippen MR) is 46.2 cm³/mol. The van der Waals surface area contributed by atoms with Crippen LogP contribution in [-0.4, -0.2) is 18.6 Å². The van der Waals surface area contributed by atoms with Crippen LogP contribution < -0.4 is 10.6 Å². The van der Waals surface area contributed by atoms with E-state index in [1.165, 1.54) is 0 Å². The molecule has 2 N–H and O–H groups in total. The average molecular weight is 157 g/mol. The van der Waals surface area contributed by atoms with Gasteiger partial charge in [-0.2, -0.15) is 0 Å². The fraction of sp³-hybridized carbons (Fsp3) is 0.750. The lowest BCUT2D eigenvalue weighted by atomic mass is 10.2. The Labute approximate surface area is 68.6 Å². The summed E-state index contributed by atoms with van der Waals surface area (Å²) in [6.45, 7) is 10.2. The fourth-order valence-corrected chi connectivity index (χ4v) is 0.580. The van der Waals surface area contributed by atoms with Crippen molar-refractivity contribution in [1.29, 1.82) is 0 Å². The molecular formula is C8H17N2O. The maximum Gasteiger partial charge on any atom is 0.314 e. The lowest BCUT2D eigenvalue weighted by molar-refractivity contribution is 0.237. The van der Waals surface area contributed by atoms with Crippen LogP contribution in [0.1, 0.15) is 20.8 Å². The smallest absolute Gasteiger partial charge is 0.314 e. The van der Waals surface area contributed by atoms with Crippen molar-refractivity contribution in [2.75, 3.05) is 6.54 Å². The number of nitrogens with one attached hydrogen (secondary N) is 2. The normalized spacial score (nSPS) is 10.4. The summed E-state index contributed by atoms with van der Waals surface area (Å²) < 4.78 is 0. The molecule has 65 valence electrons. The zero-order valence-corrected chi connectivity index (χ0v) is 7.48. The van der Waals surface area contributed by atoms with Crippen molar-refractivity contribution in [2.24, 2.45) is 5.92 Å². The van der Waals surface area contributed by atoms with Gasteiger partial charge in [-0.05, 0) is 26.7 Å². The molecule has 1 radical (unpaired) electrons. The Morgan fingerprint density at radius 1 is 1.45 bits per heavy atom. The summed E-state index contributed by atoms with van der Waals surface area (Å²) in [5.74, 6) is 0.257. The Morgan fingerprint density at radius 3 is 2.36 bits per heavy atom. The largest absolute Gasteiger partial charge is 0.338 e. The fourth-order valence-electron chi connectivity index (χ4n) is 0.580. The molecule has 0 aliphatic rings. The molecule has 0 rings (SSSR count). The molecule has 11 heavy (non-hydrogen) atoms. The zero-order chi connectivity index (χ0) is 8.85. The number of carbonyl (C=O) groups excluding carboxylic acids is 1. The van der Waals surface area contributed by atoms with Crippen LogP contribution >= 0.6 is 0 Å². The second-order valence-electron chi connectivity index (χ2n) is 3.11. The van der Waals surface area contributed by atoms with Crippen LogP contribution in [0.4, 0.5) is 4.79 Å². The third-order valence-corrected chi connectivity index (χ3v) is 1.03. The van der Waals surface area contributed by atoms with Gasteiger partial charge in [0.1, 0.15) is 0 Å². The summed E-state index contributed by atoms with van der Waals surface area (Å²) in [5, 5.41) is 5.42. The van der Waals surface area contributed by atoms with E-state index in [4.69, 9.17) is 0 Å². The van der Waals surface area contributed by atoms with Crippen molar-refractivity contribution in [1.82, 2.24) is 10.6 Å². The van der Waals surface area contributed by atoms with Gasteiger partial charge >= 0.3 is 6.03 Å². The van der Waals surface area contributed by atoms with E-state index in [1.807, 2.05) is 20.8 Å². The zero-order valence-electron chi connectivity index (χ0n) is 7.48. The standard InChI is InChI=1S/C8H17N2O/c1-6(2)5-9-8(11)10-7(3)4/h6-7H,1,5H2,2-4H3,(H2,9,10,11). The highest BCUT2D eigenvalue weighted by atomic mass is 16.2. The minimum absolute atomic E-state index is 0.115. The van der Waals surface area contributed by atoms with Crippen LogP contribution in [0, 0.1) is 12.8 Å². The lowest BCUT2D eigenvalue weighted by Crippen LogP contribution is -2.40. The summed E-state index contributed by atoms with van der Waals surface area (Å²) >= 11 is 0. The molecule has 0 aliphatic heterocycles. The highest BCUT2D eigenvalue weighted by Crippen LogP contribution is 1.86. The maximum absolute atomic E-state index is 10.9. The highest BCUT2D eigenvalue weighted by Gasteiger charge is 2.01. The van der Waals surface area contributed by atoms with Gasteiger partial charge in [0.25, 0.3) is 0 Å². The van der Waals surface area contributed by atoms with Crippen molar-refractivity contribution in [3.63, 3.8) is 0 Å². The molecule has 2 amide bonds. The highest BCUT2D eigenvalue weighted by molar-refractivity contribution is 5.74. The first kappa shape index (κ1) is 10.3. The first-order valence-electron chi connectivity index (χ1n) is 3.89. The van der Waals surface area contributed by atoms with Crippen molar-refractivity contribution in [3.05, 3.63) is 6.92 Å². The molecule has 1 unspecified atom stereocenters. The maximum atomic E-state index is 10.9. The molecule has 0 aromatic heterocycles. The van der Waals surface area contributed by atoms with Crippen LogP contribution in [0.15, 0.2) is 0 Å². The summed E-state index contributed by atoms with van der Waals surface area (Å²) in [5.41, 5.74) is 0. The van der Waals surface area contributed by atoms with Crippen LogP contribution in [0.2, 0.25) is 0 Å². The Kier molecular flexibility index (Phi) is 4.66. The third-order valence-electron chi connectivity index (χ3n) is 1.03. The Bertz CT molecular complexity index is 121. The van der Waals surface area contributed by atoms with Gasteiger partial charge in [0, 0.05) is 12.6 Å². The van der Waals surface area contributed by atoms with E-state index < -0.39 is 0 Å². The molecule has 0 bridgehead atoms. The summed E-state index contributed by atoms with van der Waals surface area (Å²) in [4.78, 5) is 10.9. The van der Waals surface area contributed by atoms with Gasteiger partial charge in [0.2, 0.25) is 0 Å². The van der Waals surface area contributed by atoms with E-state index in [9.17, 15) is 4.79 Å². The van der Waals surface area contributed by atoms with Crippen molar-refractivity contribution >= 4 is 6.03 Å². The van der Waals surface area contributed by atoms with E-state index in [0.29, 0.717) is 6.54 Å².